The Hall–Kier alpha value is -3.06. The number of rotatable bonds is 4. The number of nitrogens with zero attached hydrogens (tertiary/aromatic N) is 1. The monoisotopic (exact) mass is 428 g/mol. The number of benzene rings is 1. The Bertz CT molecular complexity index is 1060. The topological polar surface area (TPSA) is 109 Å². The number of aliphatic carboxylic acids is 1. The van der Waals surface area contributed by atoms with Gasteiger partial charge in [0.2, 0.25) is 5.78 Å². The second-order valence-electron chi connectivity index (χ2n) is 7.71. The van der Waals surface area contributed by atoms with Gasteiger partial charge in [0, 0.05) is 16.8 Å². The van der Waals surface area contributed by atoms with E-state index in [-0.39, 0.29) is 11.3 Å². The number of ketones is 1. The Morgan fingerprint density at radius 2 is 1.77 bits per heavy atom. The number of aromatic nitrogens is 1. The maximum atomic E-state index is 13.2. The third-order valence-corrected chi connectivity index (χ3v) is 6.16. The molecule has 0 bridgehead atoms. The maximum absolute atomic E-state index is 13.2. The Kier molecular flexibility index (Phi) is 5.15. The molecular formula is C22H21ClN2O5. The fraction of sp³-hybridized carbons (Fsp3) is 0.318. The summed E-state index contributed by atoms with van der Waals surface area (Å²) in [6.07, 6.45) is 5.70. The van der Waals surface area contributed by atoms with Gasteiger partial charge in [-0.25, -0.2) is 0 Å². The summed E-state index contributed by atoms with van der Waals surface area (Å²) in [7, 11) is 0. The minimum Gasteiger partial charge on any atom is -0.509 e. The van der Waals surface area contributed by atoms with Crippen molar-refractivity contribution >= 4 is 29.3 Å². The number of amides is 1. The first-order valence-electron chi connectivity index (χ1n) is 9.81. The lowest BCUT2D eigenvalue weighted by Gasteiger charge is -2.42. The first-order valence-corrected chi connectivity index (χ1v) is 10.2. The molecular weight excluding hydrogens is 408 g/mol. The van der Waals surface area contributed by atoms with Gasteiger partial charge in [0.25, 0.3) is 5.91 Å². The number of nitrogens with one attached hydrogen (secondary N) is 1. The predicted octanol–water partition coefficient (Wildman–Crippen LogP) is 3.68. The zero-order valence-electron chi connectivity index (χ0n) is 16.2. The molecule has 1 aliphatic carbocycles. The van der Waals surface area contributed by atoms with E-state index < -0.39 is 29.7 Å². The summed E-state index contributed by atoms with van der Waals surface area (Å²) in [6.45, 7) is -0.632. The molecule has 1 aromatic carbocycles. The lowest BCUT2D eigenvalue weighted by atomic mass is 9.75. The van der Waals surface area contributed by atoms with Crippen LogP contribution in [0, 0.1) is 0 Å². The predicted molar refractivity (Wildman–Crippen MR) is 111 cm³/mol. The summed E-state index contributed by atoms with van der Waals surface area (Å²) < 4.78 is 1.79. The van der Waals surface area contributed by atoms with Gasteiger partial charge in [-0.15, -0.1) is 0 Å². The minimum atomic E-state index is -1.23. The van der Waals surface area contributed by atoms with Crippen LogP contribution >= 0.6 is 11.6 Å². The van der Waals surface area contributed by atoms with E-state index in [1.165, 1.54) is 0 Å². The normalized spacial score (nSPS) is 17.7. The third-order valence-electron chi connectivity index (χ3n) is 5.90. The Labute approximate surface area is 178 Å². The zero-order chi connectivity index (χ0) is 21.5. The second kappa shape index (κ2) is 7.65. The van der Waals surface area contributed by atoms with E-state index in [1.54, 1.807) is 22.8 Å². The Morgan fingerprint density at radius 1 is 1.10 bits per heavy atom. The van der Waals surface area contributed by atoms with Gasteiger partial charge in [0.05, 0.1) is 5.69 Å². The molecule has 3 N–H and O–H groups in total. The van der Waals surface area contributed by atoms with E-state index in [9.17, 15) is 19.5 Å². The number of fused-ring (bicyclic) bond motifs is 2. The van der Waals surface area contributed by atoms with Gasteiger partial charge < -0.3 is 20.1 Å². The number of hydrogen-bond donors (Lipinski definition) is 3. The summed E-state index contributed by atoms with van der Waals surface area (Å²) >= 11 is 5.98. The van der Waals surface area contributed by atoms with Crippen LogP contribution in [0.2, 0.25) is 5.02 Å². The van der Waals surface area contributed by atoms with Gasteiger partial charge in [-0.1, -0.05) is 43.0 Å². The van der Waals surface area contributed by atoms with Crippen LogP contribution in [0.15, 0.2) is 47.9 Å². The third kappa shape index (κ3) is 3.29. The molecule has 1 spiro atoms. The smallest absolute Gasteiger partial charge is 0.322 e. The van der Waals surface area contributed by atoms with Gasteiger partial charge >= 0.3 is 5.97 Å². The van der Waals surface area contributed by atoms with Gasteiger partial charge in [-0.05, 0) is 36.6 Å². The molecule has 8 heteroatoms. The number of carboxylic acid groups (broad SMARTS) is 1. The largest absolute Gasteiger partial charge is 0.509 e. The first-order chi connectivity index (χ1) is 14.3. The highest BCUT2D eigenvalue weighted by Crippen LogP contribution is 2.46. The molecule has 1 aromatic heterocycles. The summed E-state index contributed by atoms with van der Waals surface area (Å²) in [5.74, 6) is -2.99. The van der Waals surface area contributed by atoms with E-state index in [0.717, 1.165) is 30.4 Å². The number of Topliss-reactive ketones (excluding diaryl/α,β-unsaturated/α-hetero) is 1. The molecule has 0 saturated heterocycles. The molecule has 1 saturated carbocycles. The van der Waals surface area contributed by atoms with Crippen molar-refractivity contribution in [2.45, 2.75) is 37.6 Å². The Balaban J connectivity index is 1.83. The van der Waals surface area contributed by atoms with Crippen LogP contribution in [-0.2, 0) is 15.1 Å². The Morgan fingerprint density at radius 3 is 2.40 bits per heavy atom. The van der Waals surface area contributed by atoms with Crippen molar-refractivity contribution in [1.82, 2.24) is 9.88 Å². The van der Waals surface area contributed by atoms with Crippen LogP contribution in [0.1, 0.15) is 42.6 Å². The number of aliphatic hydroxyl groups is 1. The highest BCUT2D eigenvalue weighted by Gasteiger charge is 2.48. The maximum Gasteiger partial charge on any atom is 0.322 e. The van der Waals surface area contributed by atoms with Crippen molar-refractivity contribution in [2.75, 3.05) is 6.54 Å². The van der Waals surface area contributed by atoms with Crippen molar-refractivity contribution in [2.24, 2.45) is 0 Å². The van der Waals surface area contributed by atoms with Crippen LogP contribution in [0.4, 0.5) is 0 Å². The minimum absolute atomic E-state index is 0.277. The van der Waals surface area contributed by atoms with Crippen molar-refractivity contribution in [1.29, 1.82) is 0 Å². The molecule has 1 aliphatic heterocycles. The number of allylic oxidation sites excluding steroid dienone is 1. The number of halogens is 1. The van der Waals surface area contributed by atoms with Crippen molar-refractivity contribution in [3.63, 3.8) is 0 Å². The lowest BCUT2D eigenvalue weighted by Crippen LogP contribution is -2.46. The van der Waals surface area contributed by atoms with Gasteiger partial charge in [0.15, 0.2) is 0 Å². The fourth-order valence-corrected chi connectivity index (χ4v) is 4.57. The standard InChI is InChI=1S/C22H21ClN2O5/c23-15-6-4-13(5-7-15)14-10-16-19(28)18(21(30)24-11-17(26)27)20(29)22(25(16)12-14)8-2-1-3-9-22/h4-7,10,12,29H,1-3,8-9,11H2,(H,24,30)(H,26,27). The quantitative estimate of drug-likeness (QED) is 0.644. The lowest BCUT2D eigenvalue weighted by molar-refractivity contribution is -0.137. The number of aliphatic hydroxyl groups excluding tert-OH is 1. The van der Waals surface area contributed by atoms with Crippen molar-refractivity contribution < 1.29 is 24.6 Å². The molecule has 156 valence electrons. The molecule has 1 amide bonds. The zero-order valence-corrected chi connectivity index (χ0v) is 16.9. The molecule has 4 rings (SSSR count). The summed E-state index contributed by atoms with van der Waals surface area (Å²) in [6, 6.07) is 8.91. The number of carboxylic acids is 1. The summed E-state index contributed by atoms with van der Waals surface area (Å²) in [4.78, 5) is 36.6. The van der Waals surface area contributed by atoms with Gasteiger partial charge in [-0.3, -0.25) is 14.4 Å². The highest BCUT2D eigenvalue weighted by atomic mass is 35.5. The van der Waals surface area contributed by atoms with Crippen LogP contribution in [0.5, 0.6) is 0 Å². The summed E-state index contributed by atoms with van der Waals surface area (Å²) in [5, 5.41) is 22.8. The number of carbonyl (C=O) groups excluding carboxylic acids is 2. The first kappa shape index (κ1) is 20.2. The summed E-state index contributed by atoms with van der Waals surface area (Å²) in [5.41, 5.74) is 0.685. The highest BCUT2D eigenvalue weighted by molar-refractivity contribution is 6.30. The molecule has 1 fully saturated rings. The van der Waals surface area contributed by atoms with Crippen molar-refractivity contribution in [3.8, 4) is 11.1 Å². The van der Waals surface area contributed by atoms with Gasteiger partial charge in [-0.2, -0.15) is 0 Å². The average Bonchev–Trinajstić information content (AvgIpc) is 3.19. The SMILES string of the molecule is O=C(O)CNC(=O)C1=C(O)C2(CCCCC2)n2cc(-c3ccc(Cl)cc3)cc2C1=O. The number of hydrogen-bond acceptors (Lipinski definition) is 4. The van der Waals surface area contributed by atoms with E-state index in [1.807, 2.05) is 18.3 Å². The molecule has 2 heterocycles. The van der Waals surface area contributed by atoms with E-state index in [0.29, 0.717) is 23.6 Å². The average molecular weight is 429 g/mol. The van der Waals surface area contributed by atoms with Crippen LogP contribution in [0.3, 0.4) is 0 Å². The molecule has 2 aliphatic rings. The molecule has 30 heavy (non-hydrogen) atoms. The van der Waals surface area contributed by atoms with Crippen LogP contribution < -0.4 is 5.32 Å². The molecule has 0 unspecified atom stereocenters. The van der Waals surface area contributed by atoms with Gasteiger partial charge in [0.1, 0.15) is 23.4 Å². The molecule has 7 nitrogen and oxygen atoms in total. The van der Waals surface area contributed by atoms with Crippen LogP contribution in [0.25, 0.3) is 11.1 Å². The molecule has 2 aromatic rings. The molecule has 0 radical (unpaired) electrons. The molecule has 0 atom stereocenters. The fourth-order valence-electron chi connectivity index (χ4n) is 4.44. The second-order valence-corrected chi connectivity index (χ2v) is 8.15. The van der Waals surface area contributed by atoms with E-state index >= 15 is 0 Å². The van der Waals surface area contributed by atoms with Crippen LogP contribution in [-0.4, -0.2) is 39.0 Å². The van der Waals surface area contributed by atoms with E-state index in [4.69, 9.17) is 16.7 Å². The van der Waals surface area contributed by atoms with E-state index in [2.05, 4.69) is 5.32 Å². The van der Waals surface area contributed by atoms with Crippen molar-refractivity contribution in [3.05, 3.63) is 58.6 Å². The number of carbonyl (C=O) groups is 3.